The van der Waals surface area contributed by atoms with Gasteiger partial charge in [0.2, 0.25) is 5.95 Å². The van der Waals surface area contributed by atoms with Crippen LogP contribution >= 0.6 is 27.5 Å². The first kappa shape index (κ1) is 13.1. The number of nitrogens with zero attached hydrogens (tertiary/aromatic N) is 2. The molecule has 94 valence electrons. The lowest BCUT2D eigenvalue weighted by Crippen LogP contribution is -2.05. The molecule has 0 saturated carbocycles. The van der Waals surface area contributed by atoms with Gasteiger partial charge in [-0.25, -0.2) is 4.98 Å². The van der Waals surface area contributed by atoms with Crippen molar-refractivity contribution in [1.82, 2.24) is 9.97 Å². The van der Waals surface area contributed by atoms with Crippen molar-refractivity contribution >= 4 is 39.3 Å². The van der Waals surface area contributed by atoms with Gasteiger partial charge in [0.1, 0.15) is 5.82 Å². The van der Waals surface area contributed by atoms with Crippen molar-refractivity contribution in [1.29, 1.82) is 0 Å². The van der Waals surface area contributed by atoms with Gasteiger partial charge < -0.3 is 10.6 Å². The van der Waals surface area contributed by atoms with Gasteiger partial charge in [0.15, 0.2) is 0 Å². The summed E-state index contributed by atoms with van der Waals surface area (Å²) in [7, 11) is 1.78. The Hall–Kier alpha value is -1.33. The molecule has 4 nitrogen and oxygen atoms in total. The maximum atomic E-state index is 6.09. The summed E-state index contributed by atoms with van der Waals surface area (Å²) in [6, 6.07) is 7.71. The Morgan fingerprint density at radius 2 is 2.11 bits per heavy atom. The Morgan fingerprint density at radius 1 is 1.33 bits per heavy atom. The summed E-state index contributed by atoms with van der Waals surface area (Å²) < 4.78 is 0.813. The predicted molar refractivity (Wildman–Crippen MR) is 78.1 cm³/mol. The minimum atomic E-state index is 0.569. The first-order valence-electron chi connectivity index (χ1n) is 5.38. The second kappa shape index (κ2) is 6.02. The fourth-order valence-electron chi connectivity index (χ4n) is 1.43. The van der Waals surface area contributed by atoms with Crippen LogP contribution in [-0.4, -0.2) is 17.0 Å². The van der Waals surface area contributed by atoms with E-state index in [1.54, 1.807) is 13.2 Å². The summed E-state index contributed by atoms with van der Waals surface area (Å²) in [5.74, 6) is 1.30. The highest BCUT2D eigenvalue weighted by atomic mass is 79.9. The molecule has 0 atom stereocenters. The van der Waals surface area contributed by atoms with Gasteiger partial charge in [0.25, 0.3) is 0 Å². The Bertz CT molecular complexity index is 547. The third-order valence-corrected chi connectivity index (χ3v) is 3.32. The number of anilines is 2. The second-order valence-electron chi connectivity index (χ2n) is 3.59. The number of hydrogen-bond acceptors (Lipinski definition) is 4. The van der Waals surface area contributed by atoms with Crippen LogP contribution in [0.5, 0.6) is 0 Å². The van der Waals surface area contributed by atoms with Gasteiger partial charge in [-0.15, -0.1) is 0 Å². The molecule has 18 heavy (non-hydrogen) atoms. The van der Waals surface area contributed by atoms with Gasteiger partial charge in [-0.3, -0.25) is 0 Å². The number of nitrogens with one attached hydrogen (secondary N) is 2. The average molecular weight is 328 g/mol. The van der Waals surface area contributed by atoms with E-state index in [0.717, 1.165) is 20.9 Å². The van der Waals surface area contributed by atoms with Crippen molar-refractivity contribution in [2.45, 2.75) is 6.54 Å². The van der Waals surface area contributed by atoms with Gasteiger partial charge in [-0.05, 0) is 27.6 Å². The van der Waals surface area contributed by atoms with Crippen LogP contribution in [-0.2, 0) is 6.54 Å². The van der Waals surface area contributed by atoms with E-state index in [1.807, 2.05) is 24.3 Å². The molecule has 6 heteroatoms. The molecule has 1 aromatic carbocycles. The number of aromatic nitrogens is 2. The van der Waals surface area contributed by atoms with Gasteiger partial charge in [-0.1, -0.05) is 29.8 Å². The van der Waals surface area contributed by atoms with Crippen LogP contribution in [0.4, 0.5) is 11.8 Å². The zero-order valence-corrected chi connectivity index (χ0v) is 12.1. The Morgan fingerprint density at radius 3 is 2.83 bits per heavy atom. The maximum Gasteiger partial charge on any atom is 0.224 e. The predicted octanol–water partition coefficient (Wildman–Crippen LogP) is 3.55. The third kappa shape index (κ3) is 3.11. The zero-order valence-electron chi connectivity index (χ0n) is 9.74. The molecule has 0 fully saturated rings. The maximum absolute atomic E-state index is 6.09. The van der Waals surface area contributed by atoms with Gasteiger partial charge in [-0.2, -0.15) is 4.98 Å². The van der Waals surface area contributed by atoms with Crippen LogP contribution in [0.2, 0.25) is 5.02 Å². The van der Waals surface area contributed by atoms with Crippen molar-refractivity contribution in [2.75, 3.05) is 17.7 Å². The van der Waals surface area contributed by atoms with Crippen LogP contribution in [0.1, 0.15) is 5.56 Å². The molecule has 0 unspecified atom stereocenters. The van der Waals surface area contributed by atoms with E-state index < -0.39 is 0 Å². The number of hydrogen-bond donors (Lipinski definition) is 2. The number of halogens is 2. The minimum Gasteiger partial charge on any atom is -0.365 e. The third-order valence-electron chi connectivity index (χ3n) is 2.37. The zero-order chi connectivity index (χ0) is 13.0. The Kier molecular flexibility index (Phi) is 4.38. The van der Waals surface area contributed by atoms with E-state index in [4.69, 9.17) is 11.6 Å². The molecule has 2 aromatic rings. The molecular formula is C12H12BrClN4. The van der Waals surface area contributed by atoms with E-state index in [0.29, 0.717) is 12.5 Å². The average Bonchev–Trinajstić information content (AvgIpc) is 2.39. The normalized spacial score (nSPS) is 10.2. The molecule has 0 aliphatic rings. The SMILES string of the molecule is CNc1ncc(Br)c(NCc2ccccc2Cl)n1. The molecule has 0 saturated heterocycles. The lowest BCUT2D eigenvalue weighted by atomic mass is 10.2. The largest absolute Gasteiger partial charge is 0.365 e. The van der Waals surface area contributed by atoms with E-state index in [2.05, 4.69) is 36.5 Å². The van der Waals surface area contributed by atoms with Gasteiger partial charge >= 0.3 is 0 Å². The summed E-state index contributed by atoms with van der Waals surface area (Å²) in [6.07, 6.45) is 1.70. The molecule has 0 spiro atoms. The first-order valence-corrected chi connectivity index (χ1v) is 6.55. The first-order chi connectivity index (χ1) is 8.70. The molecule has 2 rings (SSSR count). The molecular weight excluding hydrogens is 316 g/mol. The quantitative estimate of drug-likeness (QED) is 0.902. The van der Waals surface area contributed by atoms with Crippen molar-refractivity contribution in [3.8, 4) is 0 Å². The molecule has 1 aromatic heterocycles. The molecule has 0 radical (unpaired) electrons. The van der Waals surface area contributed by atoms with Crippen LogP contribution in [0.15, 0.2) is 34.9 Å². The minimum absolute atomic E-state index is 0.569. The van der Waals surface area contributed by atoms with Crippen LogP contribution < -0.4 is 10.6 Å². The molecule has 2 N–H and O–H groups in total. The van der Waals surface area contributed by atoms with E-state index in [9.17, 15) is 0 Å². The van der Waals surface area contributed by atoms with Crippen molar-refractivity contribution in [3.63, 3.8) is 0 Å². The summed E-state index contributed by atoms with van der Waals surface area (Å²) in [5, 5.41) is 6.86. The van der Waals surface area contributed by atoms with Crippen LogP contribution in [0.25, 0.3) is 0 Å². The van der Waals surface area contributed by atoms with E-state index in [-0.39, 0.29) is 0 Å². The molecule has 0 bridgehead atoms. The summed E-state index contributed by atoms with van der Waals surface area (Å²) in [6.45, 7) is 0.610. The highest BCUT2D eigenvalue weighted by molar-refractivity contribution is 9.10. The van der Waals surface area contributed by atoms with Crippen molar-refractivity contribution in [2.24, 2.45) is 0 Å². The van der Waals surface area contributed by atoms with Crippen LogP contribution in [0.3, 0.4) is 0 Å². The lowest BCUT2D eigenvalue weighted by molar-refractivity contribution is 1.07. The highest BCUT2D eigenvalue weighted by Gasteiger charge is 2.05. The summed E-state index contributed by atoms with van der Waals surface area (Å²) >= 11 is 9.50. The molecule has 0 amide bonds. The van der Waals surface area contributed by atoms with Gasteiger partial charge in [0.05, 0.1) is 4.47 Å². The highest BCUT2D eigenvalue weighted by Crippen LogP contribution is 2.22. The second-order valence-corrected chi connectivity index (χ2v) is 4.85. The fraction of sp³-hybridized carbons (Fsp3) is 0.167. The standard InChI is InChI=1S/C12H12BrClN4/c1-15-12-17-7-9(13)11(18-12)16-6-8-4-2-3-5-10(8)14/h2-5,7H,6H2,1H3,(H2,15,16,17,18). The lowest BCUT2D eigenvalue weighted by Gasteiger charge is -2.09. The van der Waals surface area contributed by atoms with Crippen LogP contribution in [0, 0.1) is 0 Å². The Labute approximate surface area is 119 Å². The van der Waals surface area contributed by atoms with Gasteiger partial charge in [0, 0.05) is 24.8 Å². The molecule has 1 heterocycles. The van der Waals surface area contributed by atoms with Crippen molar-refractivity contribution in [3.05, 3.63) is 45.5 Å². The van der Waals surface area contributed by atoms with E-state index in [1.165, 1.54) is 0 Å². The topological polar surface area (TPSA) is 49.8 Å². The monoisotopic (exact) mass is 326 g/mol. The smallest absolute Gasteiger partial charge is 0.224 e. The Balaban J connectivity index is 2.13. The summed E-state index contributed by atoms with van der Waals surface area (Å²) in [4.78, 5) is 8.41. The number of rotatable bonds is 4. The number of benzene rings is 1. The molecule has 0 aliphatic carbocycles. The van der Waals surface area contributed by atoms with E-state index >= 15 is 0 Å². The fourth-order valence-corrected chi connectivity index (χ4v) is 1.97. The van der Waals surface area contributed by atoms with Crippen molar-refractivity contribution < 1.29 is 0 Å². The summed E-state index contributed by atoms with van der Waals surface area (Å²) in [5.41, 5.74) is 1.02. The molecule has 0 aliphatic heterocycles.